The van der Waals surface area contributed by atoms with Gasteiger partial charge in [0.25, 0.3) is 0 Å². The Labute approximate surface area is 521 Å². The molecule has 0 bridgehead atoms. The average molecular weight is 1200 g/mol. The van der Waals surface area contributed by atoms with Gasteiger partial charge in [-0.2, -0.15) is 0 Å². The van der Waals surface area contributed by atoms with Gasteiger partial charge in [0.2, 0.25) is 5.91 Å². The van der Waals surface area contributed by atoms with Crippen LogP contribution in [0, 0.1) is 0 Å². The Morgan fingerprint density at radius 3 is 1.25 bits per heavy atom. The predicted molar refractivity (Wildman–Crippen MR) is 356 cm³/mol. The van der Waals surface area contributed by atoms with E-state index in [-0.39, 0.29) is 19.4 Å². The molecule has 0 spiro atoms. The van der Waals surface area contributed by atoms with Crippen molar-refractivity contribution in [2.24, 2.45) is 0 Å². The number of nitrogens with one attached hydrogen (secondary N) is 1. The molecular weight excluding hydrogens is 1060 g/mol. The summed E-state index contributed by atoms with van der Waals surface area (Å²) in [6.45, 7) is 5.76. The highest BCUT2D eigenvalue weighted by Gasteiger charge is 2.47. The van der Waals surface area contributed by atoms with Crippen LogP contribution in [0.1, 0.15) is 323 Å². The number of hydrogen-bond donors (Lipinski definition) is 6. The second kappa shape index (κ2) is 61.3. The van der Waals surface area contributed by atoms with Gasteiger partial charge in [-0.15, -0.1) is 0 Å². The summed E-state index contributed by atoms with van der Waals surface area (Å²) in [4.78, 5) is 26.6. The van der Waals surface area contributed by atoms with E-state index in [1.54, 1.807) is 6.08 Å². The van der Waals surface area contributed by atoms with Crippen molar-refractivity contribution in [3.8, 4) is 0 Å². The van der Waals surface area contributed by atoms with E-state index in [1.165, 1.54) is 193 Å². The summed E-state index contributed by atoms with van der Waals surface area (Å²) in [7, 11) is 0. The molecule has 0 radical (unpaired) electrons. The van der Waals surface area contributed by atoms with E-state index in [0.29, 0.717) is 12.8 Å². The standard InChI is InChI=1S/C74H133NO10/c1-4-7-10-13-16-19-22-24-26-28-30-31-32-33-34-35-36-37-38-40-42-44-47-50-53-56-59-62-69(79)85-72-71(81)70(80)68(63-76)84-74(72)83-64-65(66(77)60-57-54-51-48-45-21-18-15-12-9-6-3)75-73(82)67(78)61-58-55-52-49-46-43-41-39-29-27-25-23-20-17-14-11-8-5-2/h17,20,24-27,39,41,46,49,57,60,65-68,70-72,74,76-78,80-81H,4-16,18-19,21-23,28-38,40,42-45,47-48,50-56,58-59,61-64H2,1-3H3,(H,75,82)/b20-17-,26-24+,27-25-,41-39-,49-46-,60-57+. The minimum absolute atomic E-state index is 0.120. The largest absolute Gasteiger partial charge is 0.454 e. The lowest BCUT2D eigenvalue weighted by atomic mass is 9.99. The molecule has 0 aliphatic carbocycles. The summed E-state index contributed by atoms with van der Waals surface area (Å²) in [5.41, 5.74) is 0. The van der Waals surface area contributed by atoms with Crippen molar-refractivity contribution in [3.63, 3.8) is 0 Å². The van der Waals surface area contributed by atoms with Crippen molar-refractivity contribution in [3.05, 3.63) is 72.9 Å². The number of carbonyl (C=O) groups is 2. The Bertz CT molecular complexity index is 1660. The van der Waals surface area contributed by atoms with E-state index in [4.69, 9.17) is 14.2 Å². The fourth-order valence-corrected chi connectivity index (χ4v) is 10.9. The second-order valence-electron chi connectivity index (χ2n) is 24.6. The molecule has 8 atom stereocenters. The molecule has 11 heteroatoms. The number of aliphatic hydroxyl groups is 5. The van der Waals surface area contributed by atoms with Gasteiger partial charge in [-0.05, 0) is 96.3 Å². The van der Waals surface area contributed by atoms with Crippen LogP contribution in [0.2, 0.25) is 0 Å². The van der Waals surface area contributed by atoms with Gasteiger partial charge in [-0.25, -0.2) is 0 Å². The van der Waals surface area contributed by atoms with E-state index in [9.17, 15) is 35.1 Å². The zero-order valence-electron chi connectivity index (χ0n) is 55.0. The summed E-state index contributed by atoms with van der Waals surface area (Å²) in [5.74, 6) is -1.22. The first-order valence-corrected chi connectivity index (χ1v) is 35.7. The first kappa shape index (κ1) is 80.1. The van der Waals surface area contributed by atoms with E-state index in [0.717, 1.165) is 83.5 Å². The summed E-state index contributed by atoms with van der Waals surface area (Å²) < 4.78 is 17.7. The van der Waals surface area contributed by atoms with Crippen molar-refractivity contribution in [2.45, 2.75) is 372 Å². The molecule has 11 nitrogen and oxygen atoms in total. The Morgan fingerprint density at radius 2 is 0.812 bits per heavy atom. The predicted octanol–water partition coefficient (Wildman–Crippen LogP) is 18.3. The minimum Gasteiger partial charge on any atom is -0.454 e. The summed E-state index contributed by atoms with van der Waals surface area (Å²) in [5, 5.41) is 57.1. The number of amides is 1. The second-order valence-corrected chi connectivity index (χ2v) is 24.6. The van der Waals surface area contributed by atoms with Crippen LogP contribution in [0.4, 0.5) is 0 Å². The molecule has 1 heterocycles. The molecule has 8 unspecified atom stereocenters. The van der Waals surface area contributed by atoms with Gasteiger partial charge in [0.15, 0.2) is 12.4 Å². The lowest BCUT2D eigenvalue weighted by molar-refractivity contribution is -0.305. The van der Waals surface area contributed by atoms with Crippen LogP contribution in [0.3, 0.4) is 0 Å². The molecule has 0 aromatic heterocycles. The van der Waals surface area contributed by atoms with E-state index in [2.05, 4.69) is 86.8 Å². The number of ether oxygens (including phenoxy) is 3. The van der Waals surface area contributed by atoms with Gasteiger partial charge in [-0.1, -0.05) is 293 Å². The van der Waals surface area contributed by atoms with Crippen LogP contribution < -0.4 is 5.32 Å². The molecule has 1 rings (SSSR count). The number of aliphatic hydroxyl groups excluding tert-OH is 5. The first-order valence-electron chi connectivity index (χ1n) is 35.7. The lowest BCUT2D eigenvalue weighted by Gasteiger charge is -2.41. The number of carbonyl (C=O) groups excluding carboxylic acids is 2. The lowest BCUT2D eigenvalue weighted by Crippen LogP contribution is -2.61. The Kier molecular flexibility index (Phi) is 57.8. The minimum atomic E-state index is -1.62. The smallest absolute Gasteiger partial charge is 0.306 e. The molecule has 85 heavy (non-hydrogen) atoms. The molecule has 1 aliphatic rings. The number of allylic oxidation sites excluding steroid dienone is 11. The van der Waals surface area contributed by atoms with Crippen LogP contribution in [-0.4, -0.2) is 99.6 Å². The van der Waals surface area contributed by atoms with Crippen LogP contribution in [0.15, 0.2) is 72.9 Å². The normalized spacial score (nSPS) is 18.8. The number of unbranched alkanes of at least 4 members (excludes halogenated alkanes) is 37. The summed E-state index contributed by atoms with van der Waals surface area (Å²) in [6, 6.07) is -1.04. The van der Waals surface area contributed by atoms with Crippen LogP contribution >= 0.6 is 0 Å². The van der Waals surface area contributed by atoms with Gasteiger partial charge in [0, 0.05) is 6.42 Å². The molecular formula is C74H133NO10. The highest BCUT2D eigenvalue weighted by molar-refractivity contribution is 5.80. The molecule has 1 fully saturated rings. The quantitative estimate of drug-likeness (QED) is 0.0195. The molecule has 1 aliphatic heterocycles. The number of hydrogen-bond acceptors (Lipinski definition) is 10. The maximum absolute atomic E-state index is 13.4. The Morgan fingerprint density at radius 1 is 0.459 bits per heavy atom. The fourth-order valence-electron chi connectivity index (χ4n) is 10.9. The number of esters is 1. The third-order valence-electron chi connectivity index (χ3n) is 16.6. The van der Waals surface area contributed by atoms with Crippen molar-refractivity contribution in [2.75, 3.05) is 13.2 Å². The van der Waals surface area contributed by atoms with Crippen LogP contribution in [-0.2, 0) is 23.8 Å². The zero-order chi connectivity index (χ0) is 61.7. The molecule has 1 saturated heterocycles. The zero-order valence-corrected chi connectivity index (χ0v) is 55.0. The van der Waals surface area contributed by atoms with E-state index < -0.39 is 67.4 Å². The van der Waals surface area contributed by atoms with E-state index in [1.807, 2.05) is 6.08 Å². The van der Waals surface area contributed by atoms with Crippen molar-refractivity contribution in [1.82, 2.24) is 5.32 Å². The molecule has 494 valence electrons. The topological polar surface area (TPSA) is 175 Å². The molecule has 1 amide bonds. The van der Waals surface area contributed by atoms with Crippen LogP contribution in [0.25, 0.3) is 0 Å². The Hall–Kier alpha value is -2.90. The SMILES string of the molecule is CCCCC/C=C\C/C=C\C/C=C\C/C=C\CCCCC(O)C(=O)NC(COC1OC(CO)C(O)C(O)C1OC(=O)CCCCCCCCCCCCCCCCCCC/C=C/CCCCCCCC)C(O)/C=C/CCCCCCCCCCC. The highest BCUT2D eigenvalue weighted by Crippen LogP contribution is 2.26. The summed E-state index contributed by atoms with van der Waals surface area (Å²) >= 11 is 0. The average Bonchev–Trinajstić information content (AvgIpc) is 3.51. The monoisotopic (exact) mass is 1200 g/mol. The van der Waals surface area contributed by atoms with Crippen molar-refractivity contribution in [1.29, 1.82) is 0 Å². The van der Waals surface area contributed by atoms with Crippen molar-refractivity contribution < 1.29 is 49.3 Å². The fraction of sp³-hybridized carbons (Fsp3) is 0.811. The molecule has 0 aromatic carbocycles. The van der Waals surface area contributed by atoms with Crippen LogP contribution in [0.5, 0.6) is 0 Å². The van der Waals surface area contributed by atoms with Crippen molar-refractivity contribution >= 4 is 11.9 Å². The molecule has 0 aromatic rings. The van der Waals surface area contributed by atoms with Gasteiger partial charge < -0.3 is 45.1 Å². The third kappa shape index (κ3) is 48.7. The highest BCUT2D eigenvalue weighted by atomic mass is 16.7. The first-order chi connectivity index (χ1) is 41.7. The maximum atomic E-state index is 13.4. The molecule has 0 saturated carbocycles. The van der Waals surface area contributed by atoms with Gasteiger partial charge in [-0.3, -0.25) is 9.59 Å². The van der Waals surface area contributed by atoms with Gasteiger partial charge in [0.05, 0.1) is 25.4 Å². The van der Waals surface area contributed by atoms with E-state index >= 15 is 0 Å². The van der Waals surface area contributed by atoms with Gasteiger partial charge >= 0.3 is 5.97 Å². The summed E-state index contributed by atoms with van der Waals surface area (Å²) in [6.07, 6.45) is 69.6. The Balaban J connectivity index is 2.54. The van der Waals surface area contributed by atoms with Gasteiger partial charge in [0.1, 0.15) is 24.4 Å². The maximum Gasteiger partial charge on any atom is 0.306 e. The number of rotatable bonds is 61. The molecule has 6 N–H and O–H groups in total. The third-order valence-corrected chi connectivity index (χ3v) is 16.6.